The highest BCUT2D eigenvalue weighted by Crippen LogP contribution is 2.17. The van der Waals surface area contributed by atoms with Gasteiger partial charge in [0.2, 0.25) is 0 Å². The molecule has 90 valence electrons. The maximum absolute atomic E-state index is 4.61. The number of nitrogens with one attached hydrogen (secondary N) is 1. The molecule has 0 amide bonds. The summed E-state index contributed by atoms with van der Waals surface area (Å²) >= 11 is 1.74. The molecule has 0 saturated heterocycles. The summed E-state index contributed by atoms with van der Waals surface area (Å²) in [4.78, 5) is 4.61. The van der Waals surface area contributed by atoms with Crippen LogP contribution in [0.15, 0.2) is 23.6 Å². The molecule has 2 rings (SSSR count). The molecule has 0 bridgehead atoms. The van der Waals surface area contributed by atoms with Crippen molar-refractivity contribution >= 4 is 11.3 Å². The summed E-state index contributed by atoms with van der Waals surface area (Å²) in [5.41, 5.74) is 5.14. The van der Waals surface area contributed by atoms with Crippen molar-refractivity contribution in [3.05, 3.63) is 51.0 Å². The van der Waals surface area contributed by atoms with Crippen molar-refractivity contribution in [3.63, 3.8) is 0 Å². The lowest BCUT2D eigenvalue weighted by Crippen LogP contribution is -2.05. The van der Waals surface area contributed by atoms with Crippen molar-refractivity contribution in [1.29, 1.82) is 0 Å². The average Bonchev–Trinajstić information content (AvgIpc) is 2.64. The van der Waals surface area contributed by atoms with Gasteiger partial charge < -0.3 is 5.32 Å². The fourth-order valence-corrected chi connectivity index (χ4v) is 2.87. The van der Waals surface area contributed by atoms with Gasteiger partial charge in [-0.1, -0.05) is 29.3 Å². The zero-order valence-corrected chi connectivity index (χ0v) is 11.4. The van der Waals surface area contributed by atoms with E-state index in [9.17, 15) is 0 Å². The van der Waals surface area contributed by atoms with Gasteiger partial charge in [-0.2, -0.15) is 0 Å². The monoisotopic (exact) mass is 246 g/mol. The first-order valence-electron chi connectivity index (χ1n) is 5.82. The maximum atomic E-state index is 4.61. The molecule has 0 atom stereocenters. The molecule has 17 heavy (non-hydrogen) atoms. The summed E-state index contributed by atoms with van der Waals surface area (Å²) in [5, 5.41) is 6.45. The number of benzene rings is 1. The van der Waals surface area contributed by atoms with Crippen molar-refractivity contribution < 1.29 is 0 Å². The highest BCUT2D eigenvalue weighted by molar-refractivity contribution is 7.09. The summed E-state index contributed by atoms with van der Waals surface area (Å²) in [6.45, 7) is 5.14. The summed E-state index contributed by atoms with van der Waals surface area (Å²) in [6, 6.07) is 6.69. The first-order chi connectivity index (χ1) is 8.17. The van der Waals surface area contributed by atoms with Gasteiger partial charge in [-0.15, -0.1) is 11.3 Å². The minimum atomic E-state index is 0.851. The minimum Gasteiger partial charge on any atom is -0.314 e. The summed E-state index contributed by atoms with van der Waals surface area (Å²) in [5.74, 6) is 0. The smallest absolute Gasteiger partial charge is 0.0972 e. The third kappa shape index (κ3) is 3.38. The number of aromatic nitrogens is 1. The largest absolute Gasteiger partial charge is 0.314 e. The standard InChI is InChI=1S/C14H18N2S/c1-10-4-11(2)6-12(5-10)7-14-16-13(8-15-3)9-17-14/h4-6,9,15H,7-8H2,1-3H3. The van der Waals surface area contributed by atoms with E-state index in [1.807, 2.05) is 7.05 Å². The molecule has 0 aliphatic carbocycles. The zero-order valence-electron chi connectivity index (χ0n) is 10.6. The Hall–Kier alpha value is -1.19. The van der Waals surface area contributed by atoms with Crippen LogP contribution in [-0.2, 0) is 13.0 Å². The van der Waals surface area contributed by atoms with Crippen LogP contribution in [0.25, 0.3) is 0 Å². The molecule has 1 N–H and O–H groups in total. The van der Waals surface area contributed by atoms with Gasteiger partial charge in [-0.05, 0) is 26.5 Å². The quantitative estimate of drug-likeness (QED) is 0.897. The van der Waals surface area contributed by atoms with Gasteiger partial charge in [0.25, 0.3) is 0 Å². The predicted molar refractivity (Wildman–Crippen MR) is 73.6 cm³/mol. The van der Waals surface area contributed by atoms with Crippen LogP contribution in [0.3, 0.4) is 0 Å². The van der Waals surface area contributed by atoms with Crippen molar-refractivity contribution in [2.24, 2.45) is 0 Å². The molecular formula is C14H18N2S. The molecule has 1 aromatic carbocycles. The molecule has 0 saturated carbocycles. The molecule has 2 nitrogen and oxygen atoms in total. The molecule has 2 aromatic rings. The summed E-state index contributed by atoms with van der Waals surface area (Å²) < 4.78 is 0. The number of thiazole rings is 1. The SMILES string of the molecule is CNCc1csc(Cc2cc(C)cc(C)c2)n1. The van der Waals surface area contributed by atoms with E-state index in [1.54, 1.807) is 11.3 Å². The van der Waals surface area contributed by atoms with Crippen molar-refractivity contribution in [1.82, 2.24) is 10.3 Å². The van der Waals surface area contributed by atoms with E-state index in [4.69, 9.17) is 0 Å². The molecule has 1 heterocycles. The van der Waals surface area contributed by atoms with Crippen molar-refractivity contribution in [2.45, 2.75) is 26.8 Å². The van der Waals surface area contributed by atoms with Crippen molar-refractivity contribution in [3.8, 4) is 0 Å². The number of hydrogen-bond donors (Lipinski definition) is 1. The Bertz CT molecular complexity index is 482. The van der Waals surface area contributed by atoms with Crippen LogP contribution in [0.4, 0.5) is 0 Å². The molecule has 0 unspecified atom stereocenters. The second kappa shape index (κ2) is 5.43. The fraction of sp³-hybridized carbons (Fsp3) is 0.357. The summed E-state index contributed by atoms with van der Waals surface area (Å²) in [6.07, 6.45) is 0.941. The molecule has 0 fully saturated rings. The number of rotatable bonds is 4. The first-order valence-corrected chi connectivity index (χ1v) is 6.70. The normalized spacial score (nSPS) is 10.8. The highest BCUT2D eigenvalue weighted by atomic mass is 32.1. The van der Waals surface area contributed by atoms with E-state index in [0.717, 1.165) is 18.7 Å². The molecular weight excluding hydrogens is 228 g/mol. The third-order valence-electron chi connectivity index (χ3n) is 2.59. The third-order valence-corrected chi connectivity index (χ3v) is 3.49. The van der Waals surface area contributed by atoms with Gasteiger partial charge in [0.1, 0.15) is 0 Å². The van der Waals surface area contributed by atoms with E-state index >= 15 is 0 Å². The van der Waals surface area contributed by atoms with Crippen LogP contribution in [0.1, 0.15) is 27.4 Å². The van der Waals surface area contributed by atoms with Gasteiger partial charge in [0, 0.05) is 18.3 Å². The second-order valence-electron chi connectivity index (χ2n) is 4.44. The van der Waals surface area contributed by atoms with Crippen LogP contribution in [0, 0.1) is 13.8 Å². The van der Waals surface area contributed by atoms with Crippen LogP contribution >= 0.6 is 11.3 Å². The average molecular weight is 246 g/mol. The fourth-order valence-electron chi connectivity index (χ4n) is 2.04. The Kier molecular flexibility index (Phi) is 3.92. The maximum Gasteiger partial charge on any atom is 0.0972 e. The predicted octanol–water partition coefficient (Wildman–Crippen LogP) is 3.07. The molecule has 0 aliphatic heterocycles. The Morgan fingerprint density at radius 3 is 2.53 bits per heavy atom. The van der Waals surface area contributed by atoms with Gasteiger partial charge >= 0.3 is 0 Å². The second-order valence-corrected chi connectivity index (χ2v) is 5.38. The van der Waals surface area contributed by atoms with Crippen LogP contribution in [0.2, 0.25) is 0 Å². The van der Waals surface area contributed by atoms with Gasteiger partial charge in [-0.3, -0.25) is 0 Å². The topological polar surface area (TPSA) is 24.9 Å². The van der Waals surface area contributed by atoms with Crippen LogP contribution in [-0.4, -0.2) is 12.0 Å². The van der Waals surface area contributed by atoms with Gasteiger partial charge in [-0.25, -0.2) is 4.98 Å². The van der Waals surface area contributed by atoms with Crippen molar-refractivity contribution in [2.75, 3.05) is 7.05 Å². The number of nitrogens with zero attached hydrogens (tertiary/aromatic N) is 1. The lowest BCUT2D eigenvalue weighted by molar-refractivity contribution is 0.793. The van der Waals surface area contributed by atoms with E-state index in [1.165, 1.54) is 21.7 Å². The molecule has 3 heteroatoms. The number of aryl methyl sites for hydroxylation is 2. The van der Waals surface area contributed by atoms with E-state index < -0.39 is 0 Å². The molecule has 0 spiro atoms. The Morgan fingerprint density at radius 2 is 1.88 bits per heavy atom. The number of hydrogen-bond acceptors (Lipinski definition) is 3. The van der Waals surface area contributed by atoms with Gasteiger partial charge in [0.15, 0.2) is 0 Å². The van der Waals surface area contributed by atoms with E-state index in [0.29, 0.717) is 0 Å². The highest BCUT2D eigenvalue weighted by Gasteiger charge is 2.03. The lowest BCUT2D eigenvalue weighted by Gasteiger charge is -2.02. The Morgan fingerprint density at radius 1 is 1.18 bits per heavy atom. The Balaban J connectivity index is 2.13. The van der Waals surface area contributed by atoms with Gasteiger partial charge in [0.05, 0.1) is 10.7 Å². The van der Waals surface area contributed by atoms with Crippen LogP contribution < -0.4 is 5.32 Å². The zero-order chi connectivity index (χ0) is 12.3. The first kappa shape index (κ1) is 12.3. The summed E-state index contributed by atoms with van der Waals surface area (Å²) in [7, 11) is 1.95. The Labute approximate surface area is 107 Å². The lowest BCUT2D eigenvalue weighted by atomic mass is 10.1. The minimum absolute atomic E-state index is 0.851. The molecule has 1 aromatic heterocycles. The molecule has 0 aliphatic rings. The van der Waals surface area contributed by atoms with E-state index in [-0.39, 0.29) is 0 Å². The molecule has 0 radical (unpaired) electrons. The van der Waals surface area contributed by atoms with E-state index in [2.05, 4.69) is 47.7 Å². The van der Waals surface area contributed by atoms with Crippen LogP contribution in [0.5, 0.6) is 0 Å².